The van der Waals surface area contributed by atoms with E-state index in [1.165, 1.54) is 238 Å². The van der Waals surface area contributed by atoms with E-state index in [-0.39, 0.29) is 18.9 Å². The average molecular weight is 1530 g/mol. The fourth-order valence-corrected chi connectivity index (χ4v) is 14.5. The van der Waals surface area contributed by atoms with Crippen LogP contribution in [0.25, 0.3) is 0 Å². The first-order valence-corrected chi connectivity index (χ1v) is 43.8. The van der Waals surface area contributed by atoms with Gasteiger partial charge in [0.1, 0.15) is 73.2 Å². The minimum absolute atomic E-state index is 0.232. The molecule has 17 atom stereocenters. The molecule has 3 rings (SSSR count). The lowest BCUT2D eigenvalue weighted by Gasteiger charge is -2.48. The normalized spacial score (nSPS) is 25.8. The number of allylic oxidation sites excluding steroid dienone is 13. The number of unbranched alkanes of at least 4 members (excludes halogenated alkanes) is 42. The molecule has 17 unspecified atom stereocenters. The maximum absolute atomic E-state index is 13.5. The highest BCUT2D eigenvalue weighted by Crippen LogP contribution is 2.33. The topological polar surface area (TPSA) is 307 Å². The Kier molecular flexibility index (Phi) is 62.8. The molecule has 0 radical (unpaired) electrons. The zero-order valence-electron chi connectivity index (χ0n) is 67.6. The summed E-state index contributed by atoms with van der Waals surface area (Å²) in [6, 6.07) is -0.997. The van der Waals surface area contributed by atoms with Crippen molar-refractivity contribution in [2.24, 2.45) is 0 Å². The van der Waals surface area contributed by atoms with Crippen molar-refractivity contribution in [1.29, 1.82) is 0 Å². The van der Waals surface area contributed by atoms with Crippen molar-refractivity contribution in [1.82, 2.24) is 5.32 Å². The van der Waals surface area contributed by atoms with Gasteiger partial charge in [-0.25, -0.2) is 0 Å². The number of hydrogen-bond donors (Lipinski definition) is 12. The summed E-state index contributed by atoms with van der Waals surface area (Å²) in [5.74, 6) is -0.284. The van der Waals surface area contributed by atoms with Crippen molar-refractivity contribution in [3.8, 4) is 0 Å². The Hall–Kier alpha value is -3.03. The van der Waals surface area contributed by atoms with Crippen LogP contribution in [0.1, 0.15) is 341 Å². The molecule has 1 amide bonds. The molecule has 3 saturated heterocycles. The SMILES string of the molecule is CC/C=C\C/C=C\C/C=C\C/C=C\C/C=C\CCCCCCCCCCCCCCCCCC(=O)NC(COC1OC(CO)C(OC2OC(CO)C(OC3OC(CO)C(O)C(O)C3O)C(O)C2O)C(O)C1O)C(O)/C=C/CC/C=C/CCCCCCCCCCCCCCCCCCCCCCCCCCCC. The Morgan fingerprint density at radius 1 is 0.343 bits per heavy atom. The van der Waals surface area contributed by atoms with E-state index < -0.39 is 124 Å². The van der Waals surface area contributed by atoms with Crippen LogP contribution in [0.2, 0.25) is 0 Å². The van der Waals surface area contributed by atoms with Crippen LogP contribution < -0.4 is 5.32 Å². The van der Waals surface area contributed by atoms with Gasteiger partial charge in [-0.1, -0.05) is 343 Å². The summed E-state index contributed by atoms with van der Waals surface area (Å²) in [5, 5.41) is 121. The van der Waals surface area contributed by atoms with Gasteiger partial charge < -0.3 is 89.9 Å². The second-order valence-electron chi connectivity index (χ2n) is 31.0. The molecule has 0 aromatic rings. The fraction of sp³-hybridized carbons (Fsp3) is 0.831. The molecular formula is C89H159NO18. The molecule has 0 bridgehead atoms. The Bertz CT molecular complexity index is 2280. The standard InChI is InChI=1S/C89H159NO18/c1-3-5-7-9-11-13-15-17-19-21-23-25-27-29-31-33-35-37-38-40-42-44-46-48-50-52-54-56-58-60-62-64-66-73(94)72(90-77(95)67-65-63-61-59-57-55-53-51-49-47-45-43-41-39-36-34-32-30-28-26-24-22-20-18-16-14-12-10-8-6-4-2)71-103-87-83(101)80(98)85(75(69-92)105-87)108-89-84(102)81(99)86(76(70-93)106-89)107-88-82(100)79(97)78(96)74(68-91)104-88/h6,8,12,14,18,20,24,26,30,32,56,58,64,66,72-76,78-89,91-94,96-102H,3-5,7,9-11,13,15-17,19,21-23,25,27-29,31,33-55,57,59-63,65,67-71H2,1-2H3,(H,90,95)/b8-6-,14-12-,20-18-,26-24-,32-30-,58-56+,66-64+. The van der Waals surface area contributed by atoms with Crippen molar-refractivity contribution in [3.63, 3.8) is 0 Å². The maximum Gasteiger partial charge on any atom is 0.220 e. The molecule has 0 aromatic heterocycles. The van der Waals surface area contributed by atoms with Gasteiger partial charge in [0.2, 0.25) is 5.91 Å². The van der Waals surface area contributed by atoms with Gasteiger partial charge >= 0.3 is 0 Å². The lowest BCUT2D eigenvalue weighted by Crippen LogP contribution is -2.66. The molecule has 628 valence electrons. The zero-order chi connectivity index (χ0) is 78.1. The number of amides is 1. The predicted molar refractivity (Wildman–Crippen MR) is 434 cm³/mol. The number of rotatable bonds is 70. The number of nitrogens with one attached hydrogen (secondary N) is 1. The Balaban J connectivity index is 1.35. The molecular weight excluding hydrogens is 1370 g/mol. The van der Waals surface area contributed by atoms with Crippen LogP contribution >= 0.6 is 0 Å². The molecule has 19 heteroatoms. The van der Waals surface area contributed by atoms with Crippen LogP contribution in [0.4, 0.5) is 0 Å². The monoisotopic (exact) mass is 1530 g/mol. The average Bonchev–Trinajstić information content (AvgIpc) is 0.779. The first-order valence-electron chi connectivity index (χ1n) is 43.8. The van der Waals surface area contributed by atoms with Crippen LogP contribution in [-0.4, -0.2) is 193 Å². The maximum atomic E-state index is 13.5. The first kappa shape index (κ1) is 99.2. The van der Waals surface area contributed by atoms with Crippen molar-refractivity contribution in [2.45, 2.75) is 446 Å². The molecule has 12 N–H and O–H groups in total. The molecule has 3 aliphatic rings. The second-order valence-corrected chi connectivity index (χ2v) is 31.0. The van der Waals surface area contributed by atoms with E-state index in [4.69, 9.17) is 28.4 Å². The third-order valence-corrected chi connectivity index (χ3v) is 21.4. The highest BCUT2D eigenvalue weighted by atomic mass is 16.8. The van der Waals surface area contributed by atoms with E-state index in [1.807, 2.05) is 6.08 Å². The van der Waals surface area contributed by atoms with Gasteiger partial charge in [0.15, 0.2) is 18.9 Å². The van der Waals surface area contributed by atoms with E-state index in [0.29, 0.717) is 12.8 Å². The number of carbonyl (C=O) groups excluding carboxylic acids is 1. The van der Waals surface area contributed by atoms with E-state index >= 15 is 0 Å². The molecule has 0 saturated carbocycles. The molecule has 0 aromatic carbocycles. The van der Waals surface area contributed by atoms with Crippen LogP contribution in [0.5, 0.6) is 0 Å². The highest BCUT2D eigenvalue weighted by Gasteiger charge is 2.54. The van der Waals surface area contributed by atoms with Gasteiger partial charge in [0, 0.05) is 6.42 Å². The van der Waals surface area contributed by atoms with E-state index in [0.717, 1.165) is 70.6 Å². The fourth-order valence-electron chi connectivity index (χ4n) is 14.5. The lowest BCUT2D eigenvalue weighted by atomic mass is 9.96. The molecule has 3 fully saturated rings. The Morgan fingerprint density at radius 3 is 1.04 bits per heavy atom. The van der Waals surface area contributed by atoms with Crippen LogP contribution in [0, 0.1) is 0 Å². The number of carbonyl (C=O) groups is 1. The summed E-state index contributed by atoms with van der Waals surface area (Å²) in [6.07, 6.45) is 65.9. The number of hydrogen-bond acceptors (Lipinski definition) is 18. The lowest BCUT2D eigenvalue weighted by molar-refractivity contribution is -0.379. The van der Waals surface area contributed by atoms with Crippen LogP contribution in [-0.2, 0) is 33.2 Å². The van der Waals surface area contributed by atoms with Crippen LogP contribution in [0.15, 0.2) is 85.1 Å². The summed E-state index contributed by atoms with van der Waals surface area (Å²) in [4.78, 5) is 13.5. The Labute approximate surface area is 654 Å². The summed E-state index contributed by atoms with van der Waals surface area (Å²) < 4.78 is 34.5. The van der Waals surface area contributed by atoms with Gasteiger partial charge in [-0.3, -0.25) is 4.79 Å². The molecule has 19 nitrogen and oxygen atoms in total. The van der Waals surface area contributed by atoms with Gasteiger partial charge in [-0.05, 0) is 77.0 Å². The second kappa shape index (κ2) is 68.4. The minimum Gasteiger partial charge on any atom is -0.394 e. The van der Waals surface area contributed by atoms with Crippen molar-refractivity contribution in [2.75, 3.05) is 26.4 Å². The third kappa shape index (κ3) is 47.0. The smallest absolute Gasteiger partial charge is 0.220 e. The van der Waals surface area contributed by atoms with Gasteiger partial charge in [-0.15, -0.1) is 0 Å². The van der Waals surface area contributed by atoms with Gasteiger partial charge in [0.25, 0.3) is 0 Å². The largest absolute Gasteiger partial charge is 0.394 e. The minimum atomic E-state index is -1.98. The van der Waals surface area contributed by atoms with Crippen molar-refractivity contribution >= 4 is 5.91 Å². The molecule has 0 aliphatic carbocycles. The summed E-state index contributed by atoms with van der Waals surface area (Å²) in [7, 11) is 0. The quantitative estimate of drug-likeness (QED) is 0.0199. The Morgan fingerprint density at radius 2 is 0.648 bits per heavy atom. The summed E-state index contributed by atoms with van der Waals surface area (Å²) in [5.41, 5.74) is 0. The number of aliphatic hydroxyl groups excluding tert-OH is 11. The number of ether oxygens (including phenoxy) is 6. The molecule has 0 spiro atoms. The van der Waals surface area contributed by atoms with Crippen molar-refractivity contribution in [3.05, 3.63) is 85.1 Å². The first-order chi connectivity index (χ1) is 52.8. The molecule has 108 heavy (non-hydrogen) atoms. The predicted octanol–water partition coefficient (Wildman–Crippen LogP) is 16.1. The van der Waals surface area contributed by atoms with Gasteiger partial charge in [0.05, 0.1) is 38.6 Å². The summed E-state index contributed by atoms with van der Waals surface area (Å²) >= 11 is 0. The molecule has 3 aliphatic heterocycles. The molecule has 3 heterocycles. The van der Waals surface area contributed by atoms with E-state index in [1.54, 1.807) is 6.08 Å². The summed E-state index contributed by atoms with van der Waals surface area (Å²) in [6.45, 7) is 1.65. The highest BCUT2D eigenvalue weighted by molar-refractivity contribution is 5.76. The van der Waals surface area contributed by atoms with E-state index in [9.17, 15) is 61.0 Å². The third-order valence-electron chi connectivity index (χ3n) is 21.4. The van der Waals surface area contributed by atoms with E-state index in [2.05, 4.69) is 92.1 Å². The number of aliphatic hydroxyl groups is 11. The zero-order valence-corrected chi connectivity index (χ0v) is 67.6. The van der Waals surface area contributed by atoms with Crippen molar-refractivity contribution < 1.29 is 89.4 Å². The van der Waals surface area contributed by atoms with Crippen LogP contribution in [0.3, 0.4) is 0 Å². The van der Waals surface area contributed by atoms with Gasteiger partial charge in [-0.2, -0.15) is 0 Å².